The second-order valence-corrected chi connectivity index (χ2v) is 3.86. The van der Waals surface area contributed by atoms with Gasteiger partial charge in [-0.05, 0) is 29.8 Å². The number of carbonyl (C=O) groups is 1. The van der Waals surface area contributed by atoms with Crippen LogP contribution in [0.1, 0.15) is 16.1 Å². The number of nitrogens with zero attached hydrogens (tertiary/aromatic N) is 1. The summed E-state index contributed by atoms with van der Waals surface area (Å²) in [5.74, 6) is -0.439. The number of halogens is 1. The van der Waals surface area contributed by atoms with Gasteiger partial charge >= 0.3 is 5.97 Å². The number of aromatic nitrogens is 1. The molecule has 0 aliphatic rings. The summed E-state index contributed by atoms with van der Waals surface area (Å²) in [6, 6.07) is 12.3. The molecule has 0 radical (unpaired) electrons. The SMILES string of the molecule is O=C(OCc1cccc(Cl)c1)c1ccccn1. The third-order valence-electron chi connectivity index (χ3n) is 2.13. The molecule has 0 aliphatic carbocycles. The second-order valence-electron chi connectivity index (χ2n) is 3.42. The fourth-order valence-electron chi connectivity index (χ4n) is 1.33. The summed E-state index contributed by atoms with van der Waals surface area (Å²) < 4.78 is 5.11. The number of carbonyl (C=O) groups excluding carboxylic acids is 1. The van der Waals surface area contributed by atoms with Gasteiger partial charge in [-0.3, -0.25) is 0 Å². The van der Waals surface area contributed by atoms with Crippen LogP contribution in [0.3, 0.4) is 0 Å². The Morgan fingerprint density at radius 3 is 2.82 bits per heavy atom. The van der Waals surface area contributed by atoms with Crippen molar-refractivity contribution in [3.8, 4) is 0 Å². The minimum atomic E-state index is -0.439. The zero-order valence-corrected chi connectivity index (χ0v) is 9.72. The number of hydrogen-bond acceptors (Lipinski definition) is 3. The molecule has 4 heteroatoms. The average molecular weight is 248 g/mol. The summed E-state index contributed by atoms with van der Waals surface area (Å²) in [5, 5.41) is 0.622. The predicted octanol–water partition coefficient (Wildman–Crippen LogP) is 3.09. The van der Waals surface area contributed by atoms with Crippen molar-refractivity contribution in [3.05, 3.63) is 64.9 Å². The Hall–Kier alpha value is -1.87. The predicted molar refractivity (Wildman–Crippen MR) is 64.8 cm³/mol. The third kappa shape index (κ3) is 3.29. The van der Waals surface area contributed by atoms with Crippen molar-refractivity contribution < 1.29 is 9.53 Å². The van der Waals surface area contributed by atoms with E-state index in [2.05, 4.69) is 4.98 Å². The van der Waals surface area contributed by atoms with Gasteiger partial charge in [0, 0.05) is 11.2 Å². The Labute approximate surface area is 104 Å². The summed E-state index contributed by atoms with van der Waals surface area (Å²) in [7, 11) is 0. The Balaban J connectivity index is 1.97. The summed E-state index contributed by atoms with van der Waals surface area (Å²) in [6.07, 6.45) is 1.55. The van der Waals surface area contributed by atoms with E-state index in [1.807, 2.05) is 12.1 Å². The van der Waals surface area contributed by atoms with E-state index in [0.29, 0.717) is 10.7 Å². The molecule has 0 spiro atoms. The van der Waals surface area contributed by atoms with Crippen LogP contribution in [0.15, 0.2) is 48.7 Å². The van der Waals surface area contributed by atoms with Crippen LogP contribution >= 0.6 is 11.6 Å². The van der Waals surface area contributed by atoms with Gasteiger partial charge < -0.3 is 4.74 Å². The van der Waals surface area contributed by atoms with Crippen LogP contribution in [0.5, 0.6) is 0 Å². The van der Waals surface area contributed by atoms with Crippen molar-refractivity contribution >= 4 is 17.6 Å². The average Bonchev–Trinajstić information content (AvgIpc) is 2.37. The molecule has 0 amide bonds. The van der Waals surface area contributed by atoms with Crippen LogP contribution < -0.4 is 0 Å². The van der Waals surface area contributed by atoms with Crippen molar-refractivity contribution in [2.24, 2.45) is 0 Å². The molecule has 0 atom stereocenters. The second kappa shape index (κ2) is 5.46. The Morgan fingerprint density at radius 2 is 2.12 bits per heavy atom. The number of esters is 1. The molecule has 3 nitrogen and oxygen atoms in total. The van der Waals surface area contributed by atoms with Crippen LogP contribution in [-0.4, -0.2) is 11.0 Å². The molecule has 0 aliphatic heterocycles. The summed E-state index contributed by atoms with van der Waals surface area (Å²) in [5.41, 5.74) is 1.15. The van der Waals surface area contributed by atoms with Crippen molar-refractivity contribution in [2.45, 2.75) is 6.61 Å². The van der Waals surface area contributed by atoms with Crippen molar-refractivity contribution in [1.29, 1.82) is 0 Å². The highest BCUT2D eigenvalue weighted by Gasteiger charge is 2.07. The van der Waals surface area contributed by atoms with Crippen LogP contribution in [0.4, 0.5) is 0 Å². The summed E-state index contributed by atoms with van der Waals surface area (Å²) in [4.78, 5) is 15.5. The van der Waals surface area contributed by atoms with Crippen molar-refractivity contribution in [2.75, 3.05) is 0 Å². The summed E-state index contributed by atoms with van der Waals surface area (Å²) >= 11 is 5.82. The molecule has 1 aromatic heterocycles. The van der Waals surface area contributed by atoms with Gasteiger partial charge in [0.05, 0.1) is 0 Å². The molecular weight excluding hydrogens is 238 g/mol. The number of hydrogen-bond donors (Lipinski definition) is 0. The van der Waals surface area contributed by atoms with E-state index in [1.165, 1.54) is 0 Å². The monoisotopic (exact) mass is 247 g/mol. The van der Waals surface area contributed by atoms with E-state index in [-0.39, 0.29) is 6.61 Å². The fourth-order valence-corrected chi connectivity index (χ4v) is 1.55. The molecule has 0 fully saturated rings. The van der Waals surface area contributed by atoms with Crippen molar-refractivity contribution in [1.82, 2.24) is 4.98 Å². The minimum Gasteiger partial charge on any atom is -0.456 e. The molecule has 0 N–H and O–H groups in total. The van der Waals surface area contributed by atoms with Gasteiger partial charge in [0.2, 0.25) is 0 Å². The maximum absolute atomic E-state index is 11.6. The van der Waals surface area contributed by atoms with Gasteiger partial charge in [0.1, 0.15) is 12.3 Å². The smallest absolute Gasteiger partial charge is 0.357 e. The Kier molecular flexibility index (Phi) is 3.73. The van der Waals surface area contributed by atoms with Crippen LogP contribution in [0, 0.1) is 0 Å². The fraction of sp³-hybridized carbons (Fsp3) is 0.0769. The van der Waals surface area contributed by atoms with Gasteiger partial charge in [0.25, 0.3) is 0 Å². The molecule has 1 aromatic carbocycles. The third-order valence-corrected chi connectivity index (χ3v) is 2.37. The first-order valence-electron chi connectivity index (χ1n) is 5.08. The molecule has 17 heavy (non-hydrogen) atoms. The Bertz CT molecular complexity index is 514. The van der Waals surface area contributed by atoms with Gasteiger partial charge in [-0.25, -0.2) is 9.78 Å². The van der Waals surface area contributed by atoms with Gasteiger partial charge in [-0.1, -0.05) is 29.8 Å². The first-order valence-corrected chi connectivity index (χ1v) is 5.46. The first kappa shape index (κ1) is 11.6. The van der Waals surface area contributed by atoms with Crippen LogP contribution in [-0.2, 0) is 11.3 Å². The first-order chi connectivity index (χ1) is 8.25. The number of ether oxygens (including phenoxy) is 1. The molecule has 0 unspecified atom stereocenters. The maximum Gasteiger partial charge on any atom is 0.357 e. The minimum absolute atomic E-state index is 0.190. The van der Waals surface area contributed by atoms with Crippen LogP contribution in [0.25, 0.3) is 0 Å². The van der Waals surface area contributed by atoms with Crippen molar-refractivity contribution in [3.63, 3.8) is 0 Å². The quantitative estimate of drug-likeness (QED) is 0.783. The van der Waals surface area contributed by atoms with Gasteiger partial charge in [0.15, 0.2) is 0 Å². The lowest BCUT2D eigenvalue weighted by Crippen LogP contribution is -2.06. The number of rotatable bonds is 3. The van der Waals surface area contributed by atoms with Gasteiger partial charge in [-0.15, -0.1) is 0 Å². The lowest BCUT2D eigenvalue weighted by Gasteiger charge is -2.04. The largest absolute Gasteiger partial charge is 0.456 e. The molecule has 0 saturated heterocycles. The van der Waals surface area contributed by atoms with Gasteiger partial charge in [-0.2, -0.15) is 0 Å². The molecule has 1 heterocycles. The summed E-state index contributed by atoms with van der Waals surface area (Å²) in [6.45, 7) is 0.190. The van der Waals surface area contributed by atoms with E-state index in [1.54, 1.807) is 36.5 Å². The molecule has 0 saturated carbocycles. The standard InChI is InChI=1S/C13H10ClNO2/c14-11-5-3-4-10(8-11)9-17-13(16)12-6-1-2-7-15-12/h1-8H,9H2. The lowest BCUT2D eigenvalue weighted by atomic mass is 10.2. The lowest BCUT2D eigenvalue weighted by molar-refractivity contribution is 0.0466. The highest BCUT2D eigenvalue weighted by atomic mass is 35.5. The molecule has 86 valence electrons. The molecule has 2 rings (SSSR count). The van der Waals surface area contributed by atoms with E-state index < -0.39 is 5.97 Å². The van der Waals surface area contributed by atoms with E-state index in [0.717, 1.165) is 5.56 Å². The van der Waals surface area contributed by atoms with E-state index in [4.69, 9.17) is 16.3 Å². The maximum atomic E-state index is 11.6. The topological polar surface area (TPSA) is 39.2 Å². The van der Waals surface area contributed by atoms with E-state index >= 15 is 0 Å². The normalized spacial score (nSPS) is 9.94. The number of benzene rings is 1. The van der Waals surface area contributed by atoms with E-state index in [9.17, 15) is 4.79 Å². The van der Waals surface area contributed by atoms with Crippen LogP contribution in [0.2, 0.25) is 5.02 Å². The molecular formula is C13H10ClNO2. The molecule has 0 bridgehead atoms. The highest BCUT2D eigenvalue weighted by Crippen LogP contribution is 2.12. The highest BCUT2D eigenvalue weighted by molar-refractivity contribution is 6.30. The zero-order valence-electron chi connectivity index (χ0n) is 8.97. The zero-order chi connectivity index (χ0) is 12.1. The number of pyridine rings is 1. The molecule has 2 aromatic rings. The Morgan fingerprint density at radius 1 is 1.24 bits per heavy atom.